The van der Waals surface area contributed by atoms with Crippen LogP contribution in [-0.2, 0) is 11.2 Å². The van der Waals surface area contributed by atoms with Crippen LogP contribution in [0.4, 0.5) is 4.39 Å². The number of carbonyl (C=O) groups is 1. The fourth-order valence-corrected chi connectivity index (χ4v) is 1.25. The van der Waals surface area contributed by atoms with Crippen molar-refractivity contribution in [1.82, 2.24) is 0 Å². The Morgan fingerprint density at radius 2 is 1.80 bits per heavy atom. The molecule has 1 rings (SSSR count). The largest absolute Gasteiger partial charge is 0.481 e. The molecule has 1 N–H and O–H groups in total. The topological polar surface area (TPSA) is 37.3 Å². The number of carboxylic acid groups (broad SMARTS) is 1. The SMILES string of the molecule is CF.O=C(O)CCCCc1ccccc1. The minimum atomic E-state index is -0.701. The molecule has 2 nitrogen and oxygen atoms in total. The molecule has 1 aromatic carbocycles. The molecule has 0 radical (unpaired) electrons. The summed E-state index contributed by atoms with van der Waals surface area (Å²) in [5.74, 6) is -0.701. The average Bonchev–Trinajstić information content (AvgIpc) is 2.28. The molecule has 0 amide bonds. The van der Waals surface area contributed by atoms with Gasteiger partial charge in [-0.3, -0.25) is 9.18 Å². The molecule has 0 aliphatic carbocycles. The normalized spacial score (nSPS) is 8.93. The molecule has 84 valence electrons. The number of carboxylic acids is 1. The quantitative estimate of drug-likeness (QED) is 0.761. The van der Waals surface area contributed by atoms with Gasteiger partial charge in [0.15, 0.2) is 0 Å². The van der Waals surface area contributed by atoms with Crippen molar-refractivity contribution in [3.8, 4) is 0 Å². The molecular weight excluding hydrogens is 195 g/mol. The van der Waals surface area contributed by atoms with E-state index in [2.05, 4.69) is 12.1 Å². The number of rotatable bonds is 5. The fraction of sp³-hybridized carbons (Fsp3) is 0.417. The second-order valence-corrected chi connectivity index (χ2v) is 3.09. The third kappa shape index (κ3) is 7.67. The van der Waals surface area contributed by atoms with Crippen LogP contribution in [-0.4, -0.2) is 18.3 Å². The van der Waals surface area contributed by atoms with Crippen LogP contribution in [0.5, 0.6) is 0 Å². The molecule has 0 spiro atoms. The second-order valence-electron chi connectivity index (χ2n) is 3.09. The molecule has 0 unspecified atom stereocenters. The van der Waals surface area contributed by atoms with E-state index in [1.807, 2.05) is 18.2 Å². The summed E-state index contributed by atoms with van der Waals surface area (Å²) >= 11 is 0. The Morgan fingerprint density at radius 3 is 2.33 bits per heavy atom. The lowest BCUT2D eigenvalue weighted by Crippen LogP contribution is -1.94. The fourth-order valence-electron chi connectivity index (χ4n) is 1.25. The van der Waals surface area contributed by atoms with Crippen molar-refractivity contribution in [1.29, 1.82) is 0 Å². The Kier molecular flexibility index (Phi) is 8.34. The number of halogens is 1. The molecule has 0 heterocycles. The Bertz CT molecular complexity index is 260. The molecule has 0 aliphatic heterocycles. The van der Waals surface area contributed by atoms with E-state index in [9.17, 15) is 9.18 Å². The van der Waals surface area contributed by atoms with Crippen LogP contribution in [0, 0.1) is 0 Å². The van der Waals surface area contributed by atoms with Crippen molar-refractivity contribution in [3.05, 3.63) is 35.9 Å². The average molecular weight is 212 g/mol. The Hall–Kier alpha value is -1.38. The van der Waals surface area contributed by atoms with E-state index in [1.54, 1.807) is 0 Å². The summed E-state index contributed by atoms with van der Waals surface area (Å²) in [6.07, 6.45) is 2.99. The van der Waals surface area contributed by atoms with Crippen LogP contribution < -0.4 is 0 Å². The summed E-state index contributed by atoms with van der Waals surface area (Å²) in [5.41, 5.74) is 1.29. The first-order valence-electron chi connectivity index (χ1n) is 4.92. The van der Waals surface area contributed by atoms with E-state index in [1.165, 1.54) is 5.56 Å². The highest BCUT2D eigenvalue weighted by molar-refractivity contribution is 5.66. The number of hydrogen-bond donors (Lipinski definition) is 1. The molecule has 15 heavy (non-hydrogen) atoms. The lowest BCUT2D eigenvalue weighted by Gasteiger charge is -1.98. The van der Waals surface area contributed by atoms with Crippen molar-refractivity contribution in [2.24, 2.45) is 0 Å². The first-order valence-corrected chi connectivity index (χ1v) is 4.92. The van der Waals surface area contributed by atoms with E-state index < -0.39 is 5.97 Å². The maximum Gasteiger partial charge on any atom is 0.303 e. The molecular formula is C12H17FO2. The summed E-state index contributed by atoms with van der Waals surface area (Å²) in [6.45, 7) is 0. The van der Waals surface area contributed by atoms with E-state index in [0.717, 1.165) is 19.3 Å². The third-order valence-electron chi connectivity index (χ3n) is 1.95. The number of benzene rings is 1. The van der Waals surface area contributed by atoms with Crippen LogP contribution in [0.15, 0.2) is 30.3 Å². The zero-order valence-corrected chi connectivity index (χ0v) is 8.95. The van der Waals surface area contributed by atoms with Gasteiger partial charge >= 0.3 is 5.97 Å². The molecule has 0 fully saturated rings. The first-order chi connectivity index (χ1) is 7.29. The zero-order valence-electron chi connectivity index (χ0n) is 8.95. The van der Waals surface area contributed by atoms with Gasteiger partial charge in [0.25, 0.3) is 0 Å². The summed E-state index contributed by atoms with van der Waals surface area (Å²) in [7, 11) is 0.500. The number of unbranched alkanes of at least 4 members (excludes halogenated alkanes) is 1. The monoisotopic (exact) mass is 212 g/mol. The summed E-state index contributed by atoms with van der Waals surface area (Å²) in [6, 6.07) is 10.1. The number of aryl methyl sites for hydroxylation is 1. The van der Waals surface area contributed by atoms with E-state index in [4.69, 9.17) is 5.11 Å². The van der Waals surface area contributed by atoms with Gasteiger partial charge in [0.2, 0.25) is 0 Å². The van der Waals surface area contributed by atoms with Crippen LogP contribution >= 0.6 is 0 Å². The lowest BCUT2D eigenvalue weighted by molar-refractivity contribution is -0.137. The Morgan fingerprint density at radius 1 is 1.20 bits per heavy atom. The standard InChI is InChI=1S/C11H14O2.CH3F/c12-11(13)9-5-4-8-10-6-2-1-3-7-10;1-2/h1-3,6-7H,4-5,8-9H2,(H,12,13);1H3. The maximum atomic E-state index is 10.2. The van der Waals surface area contributed by atoms with Gasteiger partial charge in [-0.15, -0.1) is 0 Å². The molecule has 0 atom stereocenters. The van der Waals surface area contributed by atoms with Crippen molar-refractivity contribution in [3.63, 3.8) is 0 Å². The van der Waals surface area contributed by atoms with Crippen LogP contribution in [0.1, 0.15) is 24.8 Å². The van der Waals surface area contributed by atoms with Crippen LogP contribution in [0.2, 0.25) is 0 Å². The van der Waals surface area contributed by atoms with Gasteiger partial charge in [0.05, 0.1) is 7.18 Å². The predicted molar refractivity (Wildman–Crippen MR) is 58.7 cm³/mol. The van der Waals surface area contributed by atoms with Crippen molar-refractivity contribution < 1.29 is 14.3 Å². The molecule has 0 aliphatic rings. The minimum Gasteiger partial charge on any atom is -0.481 e. The van der Waals surface area contributed by atoms with Crippen molar-refractivity contribution in [2.45, 2.75) is 25.7 Å². The van der Waals surface area contributed by atoms with E-state index in [0.29, 0.717) is 7.18 Å². The van der Waals surface area contributed by atoms with Gasteiger partial charge in [-0.1, -0.05) is 30.3 Å². The summed E-state index contributed by atoms with van der Waals surface area (Å²) < 4.78 is 9.50. The molecule has 0 saturated heterocycles. The third-order valence-corrected chi connectivity index (χ3v) is 1.95. The summed E-state index contributed by atoms with van der Waals surface area (Å²) in [4.78, 5) is 10.2. The lowest BCUT2D eigenvalue weighted by atomic mass is 10.1. The minimum absolute atomic E-state index is 0.285. The van der Waals surface area contributed by atoms with Gasteiger partial charge in [-0.2, -0.15) is 0 Å². The maximum absolute atomic E-state index is 10.2. The molecule has 1 aromatic rings. The second kappa shape index (κ2) is 9.19. The highest BCUT2D eigenvalue weighted by Gasteiger charge is 1.96. The first kappa shape index (κ1) is 13.6. The summed E-state index contributed by atoms with van der Waals surface area (Å²) in [5, 5.41) is 8.41. The van der Waals surface area contributed by atoms with Gasteiger partial charge in [-0.25, -0.2) is 0 Å². The van der Waals surface area contributed by atoms with Gasteiger partial charge < -0.3 is 5.11 Å². The van der Waals surface area contributed by atoms with E-state index >= 15 is 0 Å². The highest BCUT2D eigenvalue weighted by Crippen LogP contribution is 2.05. The predicted octanol–water partition coefficient (Wildman–Crippen LogP) is 3.07. The van der Waals surface area contributed by atoms with Crippen LogP contribution in [0.3, 0.4) is 0 Å². The van der Waals surface area contributed by atoms with Gasteiger partial charge in [0, 0.05) is 6.42 Å². The number of hydrogen-bond acceptors (Lipinski definition) is 1. The Labute approximate surface area is 89.7 Å². The zero-order chi connectivity index (χ0) is 11.5. The van der Waals surface area contributed by atoms with Gasteiger partial charge in [-0.05, 0) is 24.8 Å². The highest BCUT2D eigenvalue weighted by atomic mass is 19.1. The van der Waals surface area contributed by atoms with Crippen molar-refractivity contribution >= 4 is 5.97 Å². The smallest absolute Gasteiger partial charge is 0.303 e. The molecule has 3 heteroatoms. The number of aliphatic carboxylic acids is 1. The van der Waals surface area contributed by atoms with Gasteiger partial charge in [0.1, 0.15) is 0 Å². The molecule has 0 aromatic heterocycles. The van der Waals surface area contributed by atoms with E-state index in [-0.39, 0.29) is 6.42 Å². The van der Waals surface area contributed by atoms with Crippen LogP contribution in [0.25, 0.3) is 0 Å². The molecule has 0 saturated carbocycles. The number of alkyl halides is 1. The van der Waals surface area contributed by atoms with Crippen molar-refractivity contribution in [2.75, 3.05) is 7.18 Å². The molecule has 0 bridgehead atoms. The Balaban J connectivity index is 0.000000921.